The van der Waals surface area contributed by atoms with E-state index >= 15 is 0 Å². The number of hydrogen-bond acceptors (Lipinski definition) is 5. The molecule has 0 radical (unpaired) electrons. The molecule has 0 aliphatic rings. The van der Waals surface area contributed by atoms with Crippen molar-refractivity contribution in [3.05, 3.63) is 47.3 Å². The lowest BCUT2D eigenvalue weighted by Gasteiger charge is -2.02. The second-order valence-electron chi connectivity index (χ2n) is 5.46. The highest BCUT2D eigenvalue weighted by molar-refractivity contribution is 7.84. The summed E-state index contributed by atoms with van der Waals surface area (Å²) in [6.45, 7) is 3.39. The van der Waals surface area contributed by atoms with Crippen LogP contribution in [0.3, 0.4) is 0 Å². The van der Waals surface area contributed by atoms with E-state index in [1.54, 1.807) is 31.5 Å². The quantitative estimate of drug-likeness (QED) is 0.720. The number of nitrogens with zero attached hydrogens (tertiary/aromatic N) is 2. The third-order valence-electron chi connectivity index (χ3n) is 3.70. The summed E-state index contributed by atoms with van der Waals surface area (Å²) < 4.78 is 17.7. The van der Waals surface area contributed by atoms with Crippen LogP contribution in [-0.4, -0.2) is 32.1 Å². The van der Waals surface area contributed by atoms with Gasteiger partial charge in [-0.25, -0.2) is 4.98 Å². The summed E-state index contributed by atoms with van der Waals surface area (Å²) in [7, 11) is 0.203. The van der Waals surface area contributed by atoms with E-state index in [-0.39, 0.29) is 11.5 Å². The fourth-order valence-corrected chi connectivity index (χ4v) is 3.48. The number of aromatic amines is 1. The van der Waals surface area contributed by atoms with E-state index in [1.807, 2.05) is 13.0 Å². The normalized spacial score (nSPS) is 12.3. The lowest BCUT2D eigenvalue weighted by atomic mass is 10.0. The van der Waals surface area contributed by atoms with Crippen molar-refractivity contribution in [3.63, 3.8) is 0 Å². The number of benzene rings is 1. The Balaban J connectivity index is 1.91. The third kappa shape index (κ3) is 3.21. The van der Waals surface area contributed by atoms with Gasteiger partial charge in [0.05, 0.1) is 40.4 Å². The second-order valence-corrected chi connectivity index (χ2v) is 6.83. The van der Waals surface area contributed by atoms with Crippen molar-refractivity contribution < 1.29 is 13.7 Å². The maximum atomic E-state index is 12.6. The highest BCUT2D eigenvalue weighted by Gasteiger charge is 2.14. The van der Waals surface area contributed by atoms with E-state index in [2.05, 4.69) is 15.0 Å². The monoisotopic (exact) mass is 343 g/mol. The summed E-state index contributed by atoms with van der Waals surface area (Å²) >= 11 is 0. The van der Waals surface area contributed by atoms with Crippen LogP contribution >= 0.6 is 0 Å². The zero-order chi connectivity index (χ0) is 17.3. The Morgan fingerprint density at radius 2 is 2.12 bits per heavy atom. The summed E-state index contributed by atoms with van der Waals surface area (Å²) in [5, 5.41) is 0.370. The maximum Gasteiger partial charge on any atom is 0.197 e. The molecule has 24 heavy (non-hydrogen) atoms. The number of nitrogens with one attached hydrogen (secondary N) is 1. The summed E-state index contributed by atoms with van der Waals surface area (Å²) in [5.74, 6) is 0.888. The molecule has 2 heterocycles. The van der Waals surface area contributed by atoms with Gasteiger partial charge in [-0.3, -0.25) is 14.0 Å². The van der Waals surface area contributed by atoms with Crippen LogP contribution in [0.1, 0.15) is 28.5 Å². The lowest BCUT2D eigenvalue weighted by Crippen LogP contribution is -2.00. The molecule has 0 saturated heterocycles. The van der Waals surface area contributed by atoms with Crippen molar-refractivity contribution in [1.82, 2.24) is 15.0 Å². The smallest absolute Gasteiger partial charge is 0.197 e. The number of carbonyl (C=O) groups excluding carboxylic acids is 1. The molecular weight excluding hydrogens is 326 g/mol. The molecule has 3 aromatic rings. The van der Waals surface area contributed by atoms with Crippen molar-refractivity contribution >= 4 is 27.6 Å². The Morgan fingerprint density at radius 3 is 2.83 bits per heavy atom. The zero-order valence-corrected chi connectivity index (χ0v) is 14.4. The van der Waals surface area contributed by atoms with Crippen LogP contribution in [0, 0.1) is 6.92 Å². The van der Waals surface area contributed by atoms with Gasteiger partial charge in [-0.1, -0.05) is 0 Å². The number of Topliss-reactive ketones (excluding diaryl/α,β-unsaturated/α-hetero) is 1. The van der Waals surface area contributed by atoms with Gasteiger partial charge in [0.15, 0.2) is 10.9 Å². The Bertz CT molecular complexity index is 949. The zero-order valence-electron chi connectivity index (χ0n) is 13.6. The van der Waals surface area contributed by atoms with Gasteiger partial charge in [0, 0.05) is 17.8 Å². The van der Waals surface area contributed by atoms with Crippen molar-refractivity contribution in [3.8, 4) is 5.75 Å². The molecule has 124 valence electrons. The van der Waals surface area contributed by atoms with Crippen molar-refractivity contribution in [2.24, 2.45) is 0 Å². The molecule has 0 spiro atoms. The van der Waals surface area contributed by atoms with Gasteiger partial charge in [0.1, 0.15) is 5.75 Å². The Hall–Kier alpha value is -2.54. The lowest BCUT2D eigenvalue weighted by molar-refractivity contribution is 0.101. The fraction of sp³-hybridized carbons (Fsp3) is 0.235. The second kappa shape index (κ2) is 6.52. The number of H-pyrrole nitrogens is 1. The summed E-state index contributed by atoms with van der Waals surface area (Å²) in [5.41, 5.74) is 3.55. The first-order chi connectivity index (χ1) is 11.5. The molecule has 0 amide bonds. The highest BCUT2D eigenvalue weighted by atomic mass is 32.2. The van der Waals surface area contributed by atoms with Gasteiger partial charge < -0.3 is 9.72 Å². The molecule has 0 saturated carbocycles. The molecule has 3 rings (SSSR count). The predicted molar refractivity (Wildman–Crippen MR) is 91.7 cm³/mol. The molecule has 1 N–H and O–H groups in total. The SMILES string of the molecule is COc1ccnc(CS(=O)c2nc3cc(C(C)=O)c(C)cc3[nH]2)c1. The van der Waals surface area contributed by atoms with E-state index in [0.29, 0.717) is 27.7 Å². The molecule has 0 fully saturated rings. The number of pyridine rings is 1. The van der Waals surface area contributed by atoms with Gasteiger partial charge in [-0.15, -0.1) is 0 Å². The molecule has 7 heteroatoms. The number of rotatable bonds is 5. The Labute approximate surface area is 141 Å². The van der Waals surface area contributed by atoms with Gasteiger partial charge in [-0.2, -0.15) is 0 Å². The van der Waals surface area contributed by atoms with E-state index in [4.69, 9.17) is 4.74 Å². The van der Waals surface area contributed by atoms with Crippen LogP contribution in [0.2, 0.25) is 0 Å². The number of aryl methyl sites for hydroxylation is 1. The average molecular weight is 343 g/mol. The van der Waals surface area contributed by atoms with Crippen LogP contribution in [0.25, 0.3) is 11.0 Å². The number of aromatic nitrogens is 3. The number of ether oxygens (including phenoxy) is 1. The van der Waals surface area contributed by atoms with Crippen molar-refractivity contribution in [1.29, 1.82) is 0 Å². The Morgan fingerprint density at radius 1 is 1.33 bits per heavy atom. The van der Waals surface area contributed by atoms with Crippen LogP contribution in [0.4, 0.5) is 0 Å². The van der Waals surface area contributed by atoms with Crippen LogP contribution in [-0.2, 0) is 16.6 Å². The number of imidazole rings is 1. The molecule has 6 nitrogen and oxygen atoms in total. The number of ketones is 1. The Kier molecular flexibility index (Phi) is 4.44. The molecule has 1 aromatic carbocycles. The first-order valence-corrected chi connectivity index (χ1v) is 8.68. The predicted octanol–water partition coefficient (Wildman–Crippen LogP) is 2.79. The first-order valence-electron chi connectivity index (χ1n) is 7.36. The molecule has 0 bridgehead atoms. The largest absolute Gasteiger partial charge is 0.497 e. The molecule has 1 atom stereocenters. The van der Waals surface area contributed by atoms with E-state index in [1.165, 1.54) is 6.92 Å². The molecule has 0 aliphatic heterocycles. The van der Waals surface area contributed by atoms with Crippen LogP contribution in [0.5, 0.6) is 5.75 Å². The van der Waals surface area contributed by atoms with E-state index in [9.17, 15) is 9.00 Å². The third-order valence-corrected chi connectivity index (χ3v) is 4.89. The van der Waals surface area contributed by atoms with Crippen LogP contribution in [0.15, 0.2) is 35.6 Å². The van der Waals surface area contributed by atoms with Crippen molar-refractivity contribution in [2.75, 3.05) is 7.11 Å². The van der Waals surface area contributed by atoms with E-state index in [0.717, 1.165) is 11.1 Å². The molecule has 0 aliphatic carbocycles. The fourth-order valence-electron chi connectivity index (χ4n) is 2.49. The summed E-state index contributed by atoms with van der Waals surface area (Å²) in [4.78, 5) is 23.3. The van der Waals surface area contributed by atoms with Gasteiger partial charge in [0.25, 0.3) is 0 Å². The van der Waals surface area contributed by atoms with Gasteiger partial charge in [-0.05, 0) is 37.6 Å². The van der Waals surface area contributed by atoms with Gasteiger partial charge >= 0.3 is 0 Å². The first kappa shape index (κ1) is 16.3. The number of fused-ring (bicyclic) bond motifs is 1. The minimum absolute atomic E-state index is 0.0133. The standard InChI is InChI=1S/C17H17N3O3S/c1-10-6-15-16(8-14(10)11(2)21)20-17(19-15)24(22)9-12-7-13(23-3)4-5-18-12/h4-8H,9H2,1-3H3,(H,19,20). The van der Waals surface area contributed by atoms with Crippen LogP contribution < -0.4 is 4.74 Å². The van der Waals surface area contributed by atoms with Crippen molar-refractivity contribution in [2.45, 2.75) is 24.8 Å². The maximum absolute atomic E-state index is 12.6. The van der Waals surface area contributed by atoms with E-state index < -0.39 is 10.8 Å². The topological polar surface area (TPSA) is 84.9 Å². The minimum Gasteiger partial charge on any atom is -0.497 e. The van der Waals surface area contributed by atoms with Gasteiger partial charge in [0.2, 0.25) is 0 Å². The summed E-state index contributed by atoms with van der Waals surface area (Å²) in [6, 6.07) is 7.07. The molecular formula is C17H17N3O3S. The minimum atomic E-state index is -1.37. The average Bonchev–Trinajstić information content (AvgIpc) is 2.97. The number of carbonyl (C=O) groups is 1. The summed E-state index contributed by atoms with van der Waals surface area (Å²) in [6.07, 6.45) is 1.62. The highest BCUT2D eigenvalue weighted by Crippen LogP contribution is 2.21. The molecule has 1 unspecified atom stereocenters. The molecule has 2 aromatic heterocycles. The number of hydrogen-bond donors (Lipinski definition) is 1. The number of methoxy groups -OCH3 is 1.